The third kappa shape index (κ3) is 1.69. The van der Waals surface area contributed by atoms with E-state index in [2.05, 4.69) is 20.7 Å². The van der Waals surface area contributed by atoms with Crippen molar-refractivity contribution in [2.45, 2.75) is 18.8 Å². The van der Waals surface area contributed by atoms with Crippen molar-refractivity contribution in [3.63, 3.8) is 0 Å². The fourth-order valence-electron chi connectivity index (χ4n) is 1.65. The number of hydrogen-bond donors (Lipinski definition) is 0. The zero-order valence-corrected chi connectivity index (χ0v) is 9.71. The van der Waals surface area contributed by atoms with Gasteiger partial charge < -0.3 is 4.74 Å². The van der Waals surface area contributed by atoms with Crippen LogP contribution < -0.4 is 0 Å². The summed E-state index contributed by atoms with van der Waals surface area (Å²) in [4.78, 5) is 22.6. The van der Waals surface area contributed by atoms with E-state index in [-0.39, 0.29) is 6.42 Å². The highest BCUT2D eigenvalue weighted by Gasteiger charge is 2.46. The van der Waals surface area contributed by atoms with Crippen molar-refractivity contribution in [1.82, 2.24) is 0 Å². The molecule has 2 rings (SSSR count). The fraction of sp³-hybridized carbons (Fsp3) is 0.273. The summed E-state index contributed by atoms with van der Waals surface area (Å²) in [6, 6.07) is 7.33. The van der Waals surface area contributed by atoms with Gasteiger partial charge in [0.25, 0.3) is 0 Å². The van der Waals surface area contributed by atoms with Gasteiger partial charge >= 0.3 is 11.9 Å². The summed E-state index contributed by atoms with van der Waals surface area (Å²) in [5.41, 5.74) is -0.0147. The molecular weight excluding hydrogens is 260 g/mol. The molecule has 1 aliphatic heterocycles. The molecule has 3 nitrogen and oxygen atoms in total. The number of rotatable bonds is 1. The van der Waals surface area contributed by atoms with Gasteiger partial charge in [0.1, 0.15) is 5.41 Å². The number of carbonyl (C=O) groups excluding carboxylic acids is 2. The Morgan fingerprint density at radius 1 is 1.27 bits per heavy atom. The molecule has 1 fully saturated rings. The molecule has 15 heavy (non-hydrogen) atoms. The zero-order valence-electron chi connectivity index (χ0n) is 8.12. The summed E-state index contributed by atoms with van der Waals surface area (Å²) in [7, 11) is 0. The first kappa shape index (κ1) is 10.4. The average molecular weight is 269 g/mol. The highest BCUT2D eigenvalue weighted by Crippen LogP contribution is 2.34. The van der Waals surface area contributed by atoms with E-state index in [1.54, 1.807) is 6.92 Å². The summed E-state index contributed by atoms with van der Waals surface area (Å²) in [6.45, 7) is 1.73. The molecule has 1 heterocycles. The molecule has 1 aromatic carbocycles. The Morgan fingerprint density at radius 2 is 1.87 bits per heavy atom. The van der Waals surface area contributed by atoms with Crippen LogP contribution in [0.2, 0.25) is 0 Å². The van der Waals surface area contributed by atoms with Gasteiger partial charge in [-0.05, 0) is 24.6 Å². The van der Waals surface area contributed by atoms with Crippen LogP contribution in [0.1, 0.15) is 18.9 Å². The van der Waals surface area contributed by atoms with Crippen LogP contribution >= 0.6 is 15.9 Å². The number of hydrogen-bond acceptors (Lipinski definition) is 3. The second kappa shape index (κ2) is 3.45. The summed E-state index contributed by atoms with van der Waals surface area (Å²) >= 11 is 3.32. The van der Waals surface area contributed by atoms with Gasteiger partial charge in [0.05, 0.1) is 6.42 Å². The van der Waals surface area contributed by atoms with Gasteiger partial charge in [0, 0.05) is 4.47 Å². The molecule has 0 radical (unpaired) electrons. The Labute approximate surface area is 95.6 Å². The van der Waals surface area contributed by atoms with Gasteiger partial charge in [-0.1, -0.05) is 28.1 Å². The zero-order chi connectivity index (χ0) is 11.1. The average Bonchev–Trinajstić information content (AvgIpc) is 2.42. The number of cyclic esters (lactones) is 2. The molecule has 0 spiro atoms. The van der Waals surface area contributed by atoms with Gasteiger partial charge in [-0.25, -0.2) is 0 Å². The molecule has 1 atom stereocenters. The lowest BCUT2D eigenvalue weighted by molar-refractivity contribution is -0.153. The number of esters is 2. The van der Waals surface area contributed by atoms with Gasteiger partial charge in [-0.3, -0.25) is 9.59 Å². The Kier molecular flexibility index (Phi) is 2.38. The van der Waals surface area contributed by atoms with Crippen molar-refractivity contribution < 1.29 is 14.3 Å². The SMILES string of the molecule is C[C@@]1(c2ccc(Br)cc2)CC(=O)OC1=O. The molecule has 1 saturated heterocycles. The molecule has 0 bridgehead atoms. The van der Waals surface area contributed by atoms with Crippen molar-refractivity contribution in [2.24, 2.45) is 0 Å². The van der Waals surface area contributed by atoms with Crippen LogP contribution in [0.5, 0.6) is 0 Å². The van der Waals surface area contributed by atoms with Crippen molar-refractivity contribution in [1.29, 1.82) is 0 Å². The van der Waals surface area contributed by atoms with E-state index >= 15 is 0 Å². The third-order valence-electron chi connectivity index (χ3n) is 2.64. The second-order valence-corrected chi connectivity index (χ2v) is 4.69. The first-order valence-electron chi connectivity index (χ1n) is 4.53. The number of carbonyl (C=O) groups is 2. The number of halogens is 1. The Morgan fingerprint density at radius 3 is 2.33 bits per heavy atom. The van der Waals surface area contributed by atoms with Crippen molar-refractivity contribution in [3.8, 4) is 0 Å². The van der Waals surface area contributed by atoms with Gasteiger partial charge in [0.15, 0.2) is 0 Å². The minimum absolute atomic E-state index is 0.119. The molecule has 0 aromatic heterocycles. The molecule has 0 amide bonds. The standard InChI is InChI=1S/C11H9BrO3/c1-11(6-9(13)15-10(11)14)7-2-4-8(12)5-3-7/h2-5H,6H2,1H3/t11-/m0/s1. The Hall–Kier alpha value is -1.16. The van der Waals surface area contributed by atoms with Crippen LogP contribution in [0.25, 0.3) is 0 Å². The van der Waals surface area contributed by atoms with Crippen LogP contribution in [-0.4, -0.2) is 11.9 Å². The number of ether oxygens (including phenoxy) is 1. The first-order valence-corrected chi connectivity index (χ1v) is 5.33. The maximum Gasteiger partial charge on any atom is 0.324 e. The molecule has 0 saturated carbocycles. The predicted molar refractivity (Wildman–Crippen MR) is 57.2 cm³/mol. The van der Waals surface area contributed by atoms with Crippen molar-refractivity contribution >= 4 is 27.9 Å². The van der Waals surface area contributed by atoms with Crippen LogP contribution in [0, 0.1) is 0 Å². The monoisotopic (exact) mass is 268 g/mol. The summed E-state index contributed by atoms with van der Waals surface area (Å²) in [5.74, 6) is -0.916. The van der Waals surface area contributed by atoms with Crippen LogP contribution in [0.3, 0.4) is 0 Å². The van der Waals surface area contributed by atoms with Crippen LogP contribution in [0.4, 0.5) is 0 Å². The highest BCUT2D eigenvalue weighted by atomic mass is 79.9. The molecule has 78 valence electrons. The van der Waals surface area contributed by atoms with E-state index < -0.39 is 17.4 Å². The van der Waals surface area contributed by atoms with Gasteiger partial charge in [-0.15, -0.1) is 0 Å². The van der Waals surface area contributed by atoms with E-state index in [9.17, 15) is 9.59 Å². The van der Waals surface area contributed by atoms with Crippen molar-refractivity contribution in [2.75, 3.05) is 0 Å². The smallest absolute Gasteiger partial charge is 0.324 e. The topological polar surface area (TPSA) is 43.4 Å². The quantitative estimate of drug-likeness (QED) is 0.579. The normalized spacial score (nSPS) is 25.5. The van der Waals surface area contributed by atoms with Crippen molar-refractivity contribution in [3.05, 3.63) is 34.3 Å². The van der Waals surface area contributed by atoms with Gasteiger partial charge in [-0.2, -0.15) is 0 Å². The summed E-state index contributed by atoms with van der Waals surface area (Å²) in [6.07, 6.45) is 0.119. The fourth-order valence-corrected chi connectivity index (χ4v) is 1.91. The largest absolute Gasteiger partial charge is 0.392 e. The lowest BCUT2D eigenvalue weighted by Crippen LogP contribution is -2.27. The molecule has 4 heteroatoms. The lowest BCUT2D eigenvalue weighted by Gasteiger charge is -2.17. The number of benzene rings is 1. The minimum atomic E-state index is -0.822. The van der Waals surface area contributed by atoms with E-state index in [1.165, 1.54) is 0 Å². The molecule has 0 N–H and O–H groups in total. The maximum absolute atomic E-state index is 11.5. The van der Waals surface area contributed by atoms with Crippen LogP contribution in [0.15, 0.2) is 28.7 Å². The Balaban J connectivity index is 2.41. The molecular formula is C11H9BrO3. The molecule has 0 aliphatic carbocycles. The summed E-state index contributed by atoms with van der Waals surface area (Å²) < 4.78 is 5.51. The summed E-state index contributed by atoms with van der Waals surface area (Å²) in [5, 5.41) is 0. The van der Waals surface area contributed by atoms with E-state index in [1.807, 2.05) is 24.3 Å². The minimum Gasteiger partial charge on any atom is -0.392 e. The molecule has 1 aliphatic rings. The lowest BCUT2D eigenvalue weighted by atomic mass is 9.81. The van der Waals surface area contributed by atoms with E-state index in [4.69, 9.17) is 0 Å². The highest BCUT2D eigenvalue weighted by molar-refractivity contribution is 9.10. The molecule has 0 unspecified atom stereocenters. The maximum atomic E-state index is 11.5. The predicted octanol–water partition coefficient (Wildman–Crippen LogP) is 2.18. The van der Waals surface area contributed by atoms with E-state index in [0.29, 0.717) is 0 Å². The Bertz CT molecular complexity index is 424. The molecule has 1 aromatic rings. The van der Waals surface area contributed by atoms with Crippen LogP contribution in [-0.2, 0) is 19.7 Å². The van der Waals surface area contributed by atoms with E-state index in [0.717, 1.165) is 10.0 Å². The first-order chi connectivity index (χ1) is 7.02. The second-order valence-electron chi connectivity index (χ2n) is 3.78. The van der Waals surface area contributed by atoms with Gasteiger partial charge in [0.2, 0.25) is 0 Å². The third-order valence-corrected chi connectivity index (χ3v) is 3.16.